The zero-order valence-electron chi connectivity index (χ0n) is 18.4. The Labute approximate surface area is 207 Å². The molecule has 0 amide bonds. The van der Waals surface area contributed by atoms with Crippen molar-refractivity contribution in [1.82, 2.24) is 9.55 Å². The molecule has 0 bridgehead atoms. The molecule has 0 aliphatic heterocycles. The lowest BCUT2D eigenvalue weighted by atomic mass is 9.93. The van der Waals surface area contributed by atoms with Crippen molar-refractivity contribution >= 4 is 27.0 Å². The van der Waals surface area contributed by atoms with E-state index in [0.717, 1.165) is 27.0 Å². The SMILES string of the molecule is Brc1nc2ccccc2n1-c1ccccc1-c1ccc(-c2ccccc2-c2ccccc2)cc1. The van der Waals surface area contributed by atoms with Crippen LogP contribution < -0.4 is 0 Å². The molecule has 0 radical (unpaired) electrons. The fraction of sp³-hybridized carbons (Fsp3) is 0. The highest BCUT2D eigenvalue weighted by atomic mass is 79.9. The van der Waals surface area contributed by atoms with Crippen molar-refractivity contribution in [2.45, 2.75) is 0 Å². The third-order valence-corrected chi connectivity index (χ3v) is 6.72. The number of benzene rings is 5. The second-order valence-electron chi connectivity index (χ2n) is 8.21. The molecule has 1 aromatic heterocycles. The lowest BCUT2D eigenvalue weighted by Gasteiger charge is -2.14. The fourth-order valence-corrected chi connectivity index (χ4v) is 5.15. The van der Waals surface area contributed by atoms with Crippen molar-refractivity contribution in [3.63, 3.8) is 0 Å². The van der Waals surface area contributed by atoms with Crippen LogP contribution in [0.25, 0.3) is 50.1 Å². The lowest BCUT2D eigenvalue weighted by Crippen LogP contribution is -1.97. The van der Waals surface area contributed by atoms with Gasteiger partial charge in [0, 0.05) is 5.56 Å². The Morgan fingerprint density at radius 2 is 0.971 bits per heavy atom. The smallest absolute Gasteiger partial charge is 0.182 e. The van der Waals surface area contributed by atoms with Gasteiger partial charge in [-0.3, -0.25) is 4.57 Å². The van der Waals surface area contributed by atoms with Crippen LogP contribution in [0.4, 0.5) is 0 Å². The molecule has 0 aliphatic carbocycles. The average Bonchev–Trinajstić information content (AvgIpc) is 3.25. The molecule has 3 heteroatoms. The number of nitrogens with zero attached hydrogens (tertiary/aromatic N) is 2. The summed E-state index contributed by atoms with van der Waals surface area (Å²) in [6, 6.07) is 44.7. The highest BCUT2D eigenvalue weighted by molar-refractivity contribution is 9.10. The van der Waals surface area contributed by atoms with E-state index >= 15 is 0 Å². The molecule has 0 fully saturated rings. The van der Waals surface area contributed by atoms with Crippen molar-refractivity contribution < 1.29 is 0 Å². The summed E-state index contributed by atoms with van der Waals surface area (Å²) in [5, 5.41) is 0. The third kappa shape index (κ3) is 3.64. The molecule has 0 unspecified atom stereocenters. The first-order chi connectivity index (χ1) is 16.8. The first kappa shape index (κ1) is 20.6. The minimum Gasteiger partial charge on any atom is -0.286 e. The van der Waals surface area contributed by atoms with Crippen molar-refractivity contribution in [1.29, 1.82) is 0 Å². The van der Waals surface area contributed by atoms with Crippen LogP contribution in [0.15, 0.2) is 132 Å². The van der Waals surface area contributed by atoms with E-state index in [9.17, 15) is 0 Å². The number of para-hydroxylation sites is 3. The molecule has 34 heavy (non-hydrogen) atoms. The molecule has 5 aromatic carbocycles. The largest absolute Gasteiger partial charge is 0.286 e. The summed E-state index contributed by atoms with van der Waals surface area (Å²) in [6.07, 6.45) is 0. The van der Waals surface area contributed by atoms with Gasteiger partial charge in [0.25, 0.3) is 0 Å². The number of halogens is 1. The average molecular weight is 501 g/mol. The van der Waals surface area contributed by atoms with Crippen molar-refractivity contribution in [3.8, 4) is 39.1 Å². The summed E-state index contributed by atoms with van der Waals surface area (Å²) < 4.78 is 2.97. The predicted octanol–water partition coefficient (Wildman–Crippen LogP) is 8.79. The van der Waals surface area contributed by atoms with Crippen LogP contribution in [0.5, 0.6) is 0 Å². The molecule has 162 valence electrons. The third-order valence-electron chi connectivity index (χ3n) is 6.18. The second-order valence-corrected chi connectivity index (χ2v) is 8.92. The highest BCUT2D eigenvalue weighted by Crippen LogP contribution is 2.35. The summed E-state index contributed by atoms with van der Waals surface area (Å²) in [7, 11) is 0. The lowest BCUT2D eigenvalue weighted by molar-refractivity contribution is 1.05. The first-order valence-corrected chi connectivity index (χ1v) is 12.1. The number of rotatable bonds is 4. The van der Waals surface area contributed by atoms with Crippen LogP contribution in [-0.4, -0.2) is 9.55 Å². The molecular formula is C31H21BrN2. The van der Waals surface area contributed by atoms with Gasteiger partial charge in [0.15, 0.2) is 4.73 Å². The van der Waals surface area contributed by atoms with E-state index in [1.807, 2.05) is 12.1 Å². The zero-order valence-corrected chi connectivity index (χ0v) is 20.0. The number of imidazole rings is 1. The first-order valence-electron chi connectivity index (χ1n) is 11.3. The Morgan fingerprint density at radius 1 is 0.471 bits per heavy atom. The van der Waals surface area contributed by atoms with Crippen molar-refractivity contribution in [2.24, 2.45) is 0 Å². The molecule has 0 N–H and O–H groups in total. The normalized spacial score (nSPS) is 11.1. The minimum absolute atomic E-state index is 0.801. The second kappa shape index (κ2) is 8.77. The van der Waals surface area contributed by atoms with E-state index in [1.54, 1.807) is 0 Å². The monoisotopic (exact) mass is 500 g/mol. The molecule has 0 atom stereocenters. The Bertz CT molecular complexity index is 1600. The van der Waals surface area contributed by atoms with Crippen LogP contribution in [0.2, 0.25) is 0 Å². The van der Waals surface area contributed by atoms with Gasteiger partial charge in [-0.15, -0.1) is 0 Å². The molecule has 1 heterocycles. The van der Waals surface area contributed by atoms with Gasteiger partial charge in [-0.05, 0) is 61.9 Å². The molecule has 0 spiro atoms. The van der Waals surface area contributed by atoms with Crippen LogP contribution in [-0.2, 0) is 0 Å². The zero-order chi connectivity index (χ0) is 22.9. The summed E-state index contributed by atoms with van der Waals surface area (Å²) >= 11 is 3.68. The summed E-state index contributed by atoms with van der Waals surface area (Å²) in [5.41, 5.74) is 10.4. The summed E-state index contributed by atoms with van der Waals surface area (Å²) in [4.78, 5) is 4.70. The molecule has 6 rings (SSSR count). The predicted molar refractivity (Wildman–Crippen MR) is 145 cm³/mol. The maximum Gasteiger partial charge on any atom is 0.182 e. The maximum atomic E-state index is 4.70. The number of aromatic nitrogens is 2. The van der Waals surface area contributed by atoms with Crippen LogP contribution >= 0.6 is 15.9 Å². The molecule has 2 nitrogen and oxygen atoms in total. The molecule has 0 saturated heterocycles. The van der Waals surface area contributed by atoms with E-state index in [-0.39, 0.29) is 0 Å². The molecular weight excluding hydrogens is 480 g/mol. The highest BCUT2D eigenvalue weighted by Gasteiger charge is 2.14. The van der Waals surface area contributed by atoms with E-state index < -0.39 is 0 Å². The van der Waals surface area contributed by atoms with Gasteiger partial charge in [-0.25, -0.2) is 4.98 Å². The Morgan fingerprint density at radius 3 is 1.68 bits per heavy atom. The Kier molecular flexibility index (Phi) is 5.32. The van der Waals surface area contributed by atoms with Crippen LogP contribution in [0, 0.1) is 0 Å². The van der Waals surface area contributed by atoms with Crippen LogP contribution in [0.3, 0.4) is 0 Å². The standard InChI is InChI=1S/C31H21BrN2/c32-31-33-28-15-7-9-17-30(28)34(31)29-16-8-6-14-27(29)24-20-18-23(19-21-24)26-13-5-4-12-25(26)22-10-2-1-3-11-22/h1-21H. The quantitative estimate of drug-likeness (QED) is 0.236. The Balaban J connectivity index is 1.44. The van der Waals surface area contributed by atoms with E-state index in [4.69, 9.17) is 4.98 Å². The van der Waals surface area contributed by atoms with Gasteiger partial charge in [-0.2, -0.15) is 0 Å². The van der Waals surface area contributed by atoms with Crippen molar-refractivity contribution in [3.05, 3.63) is 132 Å². The minimum atomic E-state index is 0.801. The van der Waals surface area contributed by atoms with Crippen molar-refractivity contribution in [2.75, 3.05) is 0 Å². The van der Waals surface area contributed by atoms with E-state index in [0.29, 0.717) is 0 Å². The van der Waals surface area contributed by atoms with Gasteiger partial charge in [0.1, 0.15) is 0 Å². The van der Waals surface area contributed by atoms with Gasteiger partial charge >= 0.3 is 0 Å². The molecule has 6 aromatic rings. The molecule has 0 aliphatic rings. The summed E-state index contributed by atoms with van der Waals surface area (Å²) in [5.74, 6) is 0. The van der Waals surface area contributed by atoms with Crippen LogP contribution in [0.1, 0.15) is 0 Å². The van der Waals surface area contributed by atoms with Gasteiger partial charge in [0.05, 0.1) is 16.7 Å². The number of fused-ring (bicyclic) bond motifs is 1. The summed E-state index contributed by atoms with van der Waals surface area (Å²) in [6.45, 7) is 0. The fourth-order valence-electron chi connectivity index (χ4n) is 4.57. The van der Waals surface area contributed by atoms with Gasteiger partial charge in [-0.1, -0.05) is 109 Å². The molecule has 0 saturated carbocycles. The number of hydrogen-bond donors (Lipinski definition) is 0. The van der Waals surface area contributed by atoms with Gasteiger partial charge in [0.2, 0.25) is 0 Å². The number of hydrogen-bond acceptors (Lipinski definition) is 1. The topological polar surface area (TPSA) is 17.8 Å². The van der Waals surface area contributed by atoms with Gasteiger partial charge < -0.3 is 0 Å². The van der Waals surface area contributed by atoms with E-state index in [1.165, 1.54) is 27.8 Å². The maximum absolute atomic E-state index is 4.70. The Hall–Kier alpha value is -3.95. The van der Waals surface area contributed by atoms with E-state index in [2.05, 4.69) is 136 Å².